The van der Waals surface area contributed by atoms with Gasteiger partial charge in [-0.25, -0.2) is 0 Å². The van der Waals surface area contributed by atoms with Crippen LogP contribution in [0.15, 0.2) is 10.1 Å². The van der Waals surface area contributed by atoms with Gasteiger partial charge in [0.25, 0.3) is 0 Å². The molecule has 4 aliphatic heterocycles. The van der Waals surface area contributed by atoms with Crippen molar-refractivity contribution in [2.24, 2.45) is 27.8 Å². The minimum atomic E-state index is -0.248. The molecule has 7 unspecified atom stereocenters. The molecule has 0 saturated carbocycles. The molecule has 4 rings (SSSR count). The molecule has 0 aliphatic carbocycles. The number of rotatable bonds is 4. The van der Waals surface area contributed by atoms with E-state index in [1.54, 1.807) is 0 Å². The van der Waals surface area contributed by atoms with Crippen LogP contribution in [0.25, 0.3) is 0 Å². The number of fused-ring (bicyclic) bond motifs is 1. The van der Waals surface area contributed by atoms with Crippen LogP contribution in [0.5, 0.6) is 0 Å². The van der Waals surface area contributed by atoms with Gasteiger partial charge in [0.1, 0.15) is 0 Å². The number of amides is 1. The zero-order chi connectivity index (χ0) is 19.2. The van der Waals surface area contributed by atoms with E-state index >= 15 is 0 Å². The molecule has 4 aliphatic rings. The van der Waals surface area contributed by atoms with Gasteiger partial charge in [-0.1, -0.05) is 6.92 Å². The second-order valence-electron chi connectivity index (χ2n) is 9.05. The van der Waals surface area contributed by atoms with Crippen molar-refractivity contribution >= 4 is 18.3 Å². The van der Waals surface area contributed by atoms with E-state index in [0.29, 0.717) is 24.4 Å². The van der Waals surface area contributed by atoms with Gasteiger partial charge in [0.05, 0.1) is 36.7 Å². The summed E-state index contributed by atoms with van der Waals surface area (Å²) in [6, 6.07) is 0.536. The topological polar surface area (TPSA) is 78.3 Å². The molecule has 2 saturated heterocycles. The Morgan fingerprint density at radius 2 is 2.15 bits per heavy atom. The first-order valence-corrected chi connectivity index (χ1v) is 10.4. The van der Waals surface area contributed by atoms with Crippen molar-refractivity contribution in [3.05, 3.63) is 0 Å². The van der Waals surface area contributed by atoms with Crippen LogP contribution < -0.4 is 10.7 Å². The summed E-state index contributed by atoms with van der Waals surface area (Å²) < 4.78 is 5.83. The Labute approximate surface area is 162 Å². The number of hydrazone groups is 1. The molecule has 0 aromatic carbocycles. The Morgan fingerprint density at radius 1 is 1.33 bits per heavy atom. The minimum absolute atomic E-state index is 0.0356. The molecule has 4 heterocycles. The number of piperidine rings is 1. The molecule has 0 aromatic rings. The Bertz CT molecular complexity index is 634. The SMILES string of the molecule is CCOC1CN=CC(C2CC(C)C3C(=O)N(C4C=NNC4)C(C)(C)C3N2)C1. The molecule has 0 bridgehead atoms. The number of aliphatic imine (C=N–C) groups is 1. The van der Waals surface area contributed by atoms with Crippen molar-refractivity contribution in [1.82, 2.24) is 15.6 Å². The van der Waals surface area contributed by atoms with Crippen LogP contribution in [-0.4, -0.2) is 72.7 Å². The molecule has 0 aromatic heterocycles. The van der Waals surface area contributed by atoms with Crippen LogP contribution in [0.3, 0.4) is 0 Å². The van der Waals surface area contributed by atoms with Crippen molar-refractivity contribution in [1.29, 1.82) is 0 Å². The molecule has 7 nitrogen and oxygen atoms in total. The van der Waals surface area contributed by atoms with E-state index in [2.05, 4.69) is 52.7 Å². The fraction of sp³-hybridized carbons (Fsp3) is 0.850. The fourth-order valence-corrected chi connectivity index (χ4v) is 5.66. The van der Waals surface area contributed by atoms with E-state index in [9.17, 15) is 4.79 Å². The quantitative estimate of drug-likeness (QED) is 0.770. The van der Waals surface area contributed by atoms with Crippen molar-refractivity contribution in [2.45, 2.75) is 70.3 Å². The average molecular weight is 376 g/mol. The number of hydrogen-bond donors (Lipinski definition) is 2. The summed E-state index contributed by atoms with van der Waals surface area (Å²) in [5, 5.41) is 8.02. The summed E-state index contributed by atoms with van der Waals surface area (Å²) >= 11 is 0. The fourth-order valence-electron chi connectivity index (χ4n) is 5.66. The molecule has 7 heteroatoms. The highest BCUT2D eigenvalue weighted by Crippen LogP contribution is 2.44. The van der Waals surface area contributed by atoms with E-state index < -0.39 is 0 Å². The smallest absolute Gasteiger partial charge is 0.228 e. The van der Waals surface area contributed by atoms with Crippen LogP contribution in [0.4, 0.5) is 0 Å². The normalized spacial score (nSPS) is 43.0. The number of ether oxygens (including phenoxy) is 1. The molecule has 2 N–H and O–H groups in total. The zero-order valence-electron chi connectivity index (χ0n) is 16.9. The van der Waals surface area contributed by atoms with Gasteiger partial charge in [0.2, 0.25) is 5.91 Å². The number of nitrogens with zero attached hydrogens (tertiary/aromatic N) is 3. The second-order valence-corrected chi connectivity index (χ2v) is 9.05. The van der Waals surface area contributed by atoms with Crippen LogP contribution in [0.2, 0.25) is 0 Å². The average Bonchev–Trinajstić information content (AvgIpc) is 3.21. The zero-order valence-corrected chi connectivity index (χ0v) is 16.9. The summed E-state index contributed by atoms with van der Waals surface area (Å²) in [6.45, 7) is 10.9. The highest BCUT2D eigenvalue weighted by Gasteiger charge is 2.59. The summed E-state index contributed by atoms with van der Waals surface area (Å²) in [5.74, 6) is 1.03. The van der Waals surface area contributed by atoms with Gasteiger partial charge in [-0.15, -0.1) is 0 Å². The third-order valence-electron chi connectivity index (χ3n) is 6.93. The Hall–Kier alpha value is -1.47. The molecule has 7 atom stereocenters. The predicted octanol–water partition coefficient (Wildman–Crippen LogP) is 1.04. The van der Waals surface area contributed by atoms with Gasteiger partial charge in [-0.3, -0.25) is 9.79 Å². The largest absolute Gasteiger partial charge is 0.377 e. The first-order chi connectivity index (χ1) is 12.9. The van der Waals surface area contributed by atoms with Crippen LogP contribution in [0.1, 0.15) is 40.5 Å². The van der Waals surface area contributed by atoms with E-state index in [-0.39, 0.29) is 35.6 Å². The summed E-state index contributed by atoms with van der Waals surface area (Å²) in [5.41, 5.74) is 2.75. The van der Waals surface area contributed by atoms with Crippen LogP contribution in [0, 0.1) is 17.8 Å². The van der Waals surface area contributed by atoms with Crippen molar-refractivity contribution < 1.29 is 9.53 Å². The lowest BCUT2D eigenvalue weighted by Gasteiger charge is -2.45. The van der Waals surface area contributed by atoms with Gasteiger partial charge >= 0.3 is 0 Å². The van der Waals surface area contributed by atoms with Crippen LogP contribution in [-0.2, 0) is 9.53 Å². The number of hydrogen-bond acceptors (Lipinski definition) is 6. The number of carbonyl (C=O) groups excluding carboxylic acids is 1. The molecule has 150 valence electrons. The summed E-state index contributed by atoms with van der Waals surface area (Å²) in [4.78, 5) is 20.0. The lowest BCUT2D eigenvalue weighted by atomic mass is 9.72. The maximum Gasteiger partial charge on any atom is 0.228 e. The Balaban J connectivity index is 1.54. The predicted molar refractivity (Wildman–Crippen MR) is 106 cm³/mol. The van der Waals surface area contributed by atoms with Gasteiger partial charge in [-0.05, 0) is 39.5 Å². The minimum Gasteiger partial charge on any atom is -0.377 e. The lowest BCUT2D eigenvalue weighted by molar-refractivity contribution is -0.135. The van der Waals surface area contributed by atoms with E-state index in [1.165, 1.54) is 0 Å². The standard InChI is InChI=1S/C20H33N5O2/c1-5-27-15-7-13(8-21-11-15)16-6-12(2)17-18(24-16)20(3,4)25(19(17)26)14-9-22-23-10-14/h8-9,12-18,23-24H,5-7,10-11H2,1-4H3. The molecular weight excluding hydrogens is 342 g/mol. The maximum absolute atomic E-state index is 13.3. The van der Waals surface area contributed by atoms with Gasteiger partial charge in [0, 0.05) is 37.0 Å². The molecule has 1 amide bonds. The van der Waals surface area contributed by atoms with Crippen molar-refractivity contribution in [3.8, 4) is 0 Å². The molecule has 2 fully saturated rings. The third-order valence-corrected chi connectivity index (χ3v) is 6.93. The van der Waals surface area contributed by atoms with Crippen molar-refractivity contribution in [2.75, 3.05) is 19.7 Å². The number of carbonyl (C=O) groups is 1. The number of nitrogens with one attached hydrogen (secondary N) is 2. The monoisotopic (exact) mass is 375 g/mol. The Morgan fingerprint density at radius 3 is 2.85 bits per heavy atom. The lowest BCUT2D eigenvalue weighted by Crippen LogP contribution is -2.61. The van der Waals surface area contributed by atoms with Crippen LogP contribution >= 0.6 is 0 Å². The maximum atomic E-state index is 13.3. The summed E-state index contributed by atoms with van der Waals surface area (Å²) in [7, 11) is 0. The Kier molecular flexibility index (Phi) is 5.01. The first kappa shape index (κ1) is 18.9. The second kappa shape index (κ2) is 7.17. The molecule has 0 radical (unpaired) electrons. The summed E-state index contributed by atoms with van der Waals surface area (Å²) in [6.07, 6.45) is 6.23. The first-order valence-electron chi connectivity index (χ1n) is 10.4. The van der Waals surface area contributed by atoms with E-state index in [0.717, 1.165) is 26.0 Å². The molecule has 27 heavy (non-hydrogen) atoms. The third kappa shape index (κ3) is 3.18. The van der Waals surface area contributed by atoms with Gasteiger partial charge < -0.3 is 20.4 Å². The highest BCUT2D eigenvalue weighted by molar-refractivity contribution is 5.88. The van der Waals surface area contributed by atoms with E-state index in [4.69, 9.17) is 4.74 Å². The number of likely N-dealkylation sites (tertiary alicyclic amines) is 1. The van der Waals surface area contributed by atoms with Crippen molar-refractivity contribution in [3.63, 3.8) is 0 Å². The highest BCUT2D eigenvalue weighted by atomic mass is 16.5. The molecule has 0 spiro atoms. The van der Waals surface area contributed by atoms with Gasteiger partial charge in [0.15, 0.2) is 0 Å². The molecular formula is C20H33N5O2. The van der Waals surface area contributed by atoms with Gasteiger partial charge in [-0.2, -0.15) is 5.10 Å². The van der Waals surface area contributed by atoms with E-state index in [1.807, 2.05) is 13.1 Å².